The Morgan fingerprint density at radius 3 is 2.81 bits per heavy atom. The maximum atomic E-state index is 11.0. The number of nitrogen functional groups attached to an aromatic ring is 1. The molecule has 0 amide bonds. The van der Waals surface area contributed by atoms with E-state index >= 15 is 0 Å². The Labute approximate surface area is 160 Å². The van der Waals surface area contributed by atoms with Crippen LogP contribution in [0, 0.1) is 0 Å². The quantitative estimate of drug-likeness (QED) is 0.658. The van der Waals surface area contributed by atoms with Gasteiger partial charge in [-0.25, -0.2) is 9.97 Å². The highest BCUT2D eigenvalue weighted by molar-refractivity contribution is 9.10. The fourth-order valence-electron chi connectivity index (χ4n) is 3.89. The lowest BCUT2D eigenvalue weighted by molar-refractivity contribution is 0.0281. The van der Waals surface area contributed by atoms with Gasteiger partial charge in [-0.1, -0.05) is 28.8 Å². The van der Waals surface area contributed by atoms with E-state index in [0.717, 1.165) is 52.4 Å². The predicted molar refractivity (Wildman–Crippen MR) is 106 cm³/mol. The second-order valence-electron chi connectivity index (χ2n) is 7.04. The van der Waals surface area contributed by atoms with E-state index in [4.69, 9.17) is 15.5 Å². The molecule has 0 atom stereocenters. The molecular weight excluding hydrogens is 396 g/mol. The Balaban J connectivity index is 1.96. The van der Waals surface area contributed by atoms with Gasteiger partial charge >= 0.3 is 0 Å². The van der Waals surface area contributed by atoms with Gasteiger partial charge < -0.3 is 20.1 Å². The van der Waals surface area contributed by atoms with E-state index in [1.165, 1.54) is 0 Å². The molecule has 1 aliphatic carbocycles. The molecule has 0 unspecified atom stereocenters. The normalized spacial score (nSPS) is 16.7. The topological polar surface area (TPSA) is 86.2 Å². The molecule has 4 rings (SSSR count). The van der Waals surface area contributed by atoms with Crippen LogP contribution < -0.4 is 5.73 Å². The molecule has 3 aromatic rings. The molecule has 0 aliphatic heterocycles. The minimum absolute atomic E-state index is 0.388. The van der Waals surface area contributed by atoms with Gasteiger partial charge in [-0.2, -0.15) is 0 Å². The first-order chi connectivity index (χ1) is 12.5. The largest absolute Gasteiger partial charge is 0.388 e. The molecule has 6 nitrogen and oxygen atoms in total. The third-order valence-corrected chi connectivity index (χ3v) is 5.66. The number of pyridine rings is 1. The molecule has 0 bridgehead atoms. The maximum Gasteiger partial charge on any atom is 0.152 e. The summed E-state index contributed by atoms with van der Waals surface area (Å²) >= 11 is 3.50. The molecule has 0 saturated heterocycles. The van der Waals surface area contributed by atoms with E-state index < -0.39 is 5.60 Å². The van der Waals surface area contributed by atoms with Crippen LogP contribution in [-0.4, -0.2) is 31.8 Å². The van der Waals surface area contributed by atoms with Gasteiger partial charge in [0, 0.05) is 16.5 Å². The molecule has 2 heterocycles. The molecule has 0 spiro atoms. The van der Waals surface area contributed by atoms with E-state index in [2.05, 4.69) is 25.5 Å². The summed E-state index contributed by atoms with van der Waals surface area (Å²) < 4.78 is 8.66. The zero-order valence-electron chi connectivity index (χ0n) is 14.8. The summed E-state index contributed by atoms with van der Waals surface area (Å²) in [6, 6.07) is 5.97. The number of hydrogen-bond acceptors (Lipinski definition) is 5. The van der Waals surface area contributed by atoms with E-state index in [9.17, 15) is 5.11 Å². The summed E-state index contributed by atoms with van der Waals surface area (Å²) in [5.41, 5.74) is 7.93. The van der Waals surface area contributed by atoms with Crippen molar-refractivity contribution in [3.63, 3.8) is 0 Å². The number of aliphatic hydroxyl groups is 1. The second-order valence-corrected chi connectivity index (χ2v) is 7.95. The maximum absolute atomic E-state index is 11.0. The third kappa shape index (κ3) is 3.08. The number of hydrogen-bond donors (Lipinski definition) is 2. The number of ether oxygens (including phenoxy) is 1. The van der Waals surface area contributed by atoms with Gasteiger partial charge in [-0.15, -0.1) is 0 Å². The van der Waals surface area contributed by atoms with Crippen molar-refractivity contribution in [1.29, 1.82) is 0 Å². The first-order valence-electron chi connectivity index (χ1n) is 9.05. The van der Waals surface area contributed by atoms with Crippen LogP contribution >= 0.6 is 15.9 Å². The van der Waals surface area contributed by atoms with Gasteiger partial charge in [0.1, 0.15) is 17.9 Å². The first-order valence-corrected chi connectivity index (χ1v) is 9.84. The lowest BCUT2D eigenvalue weighted by atomic mass is 10.0. The van der Waals surface area contributed by atoms with Crippen LogP contribution in [0.1, 0.15) is 38.4 Å². The highest BCUT2D eigenvalue weighted by Crippen LogP contribution is 2.35. The number of nitrogens with zero attached hydrogens (tertiary/aromatic N) is 3. The monoisotopic (exact) mass is 418 g/mol. The second kappa shape index (κ2) is 6.79. The summed E-state index contributed by atoms with van der Waals surface area (Å²) in [5, 5.41) is 12.0. The molecule has 0 radical (unpaired) electrons. The van der Waals surface area contributed by atoms with Crippen molar-refractivity contribution in [3.05, 3.63) is 28.5 Å². The van der Waals surface area contributed by atoms with Gasteiger partial charge in [0.2, 0.25) is 0 Å². The zero-order valence-corrected chi connectivity index (χ0v) is 16.4. The fourth-order valence-corrected chi connectivity index (χ4v) is 4.24. The number of halogens is 1. The highest BCUT2D eigenvalue weighted by atomic mass is 79.9. The van der Waals surface area contributed by atoms with Crippen molar-refractivity contribution in [3.8, 4) is 0 Å². The molecular formula is C19H23BrN4O2. The van der Waals surface area contributed by atoms with Crippen molar-refractivity contribution >= 4 is 43.7 Å². The minimum Gasteiger partial charge on any atom is -0.388 e. The van der Waals surface area contributed by atoms with E-state index in [1.54, 1.807) is 0 Å². The summed E-state index contributed by atoms with van der Waals surface area (Å²) in [5.74, 6) is 1.19. The van der Waals surface area contributed by atoms with Crippen LogP contribution in [0.2, 0.25) is 0 Å². The van der Waals surface area contributed by atoms with Crippen LogP contribution in [0.5, 0.6) is 0 Å². The molecule has 1 aliphatic rings. The first kappa shape index (κ1) is 17.7. The standard InChI is InChI=1S/C19H23BrN4O2/c1-2-26-10-15-23-16-17(24(15)11-19(25)7-3-4-8-19)13-6-5-12(20)9-14(13)22-18(16)21/h5-6,9,25H,2-4,7-8,10-11H2,1H3,(H2,21,22). The number of anilines is 1. The van der Waals surface area contributed by atoms with Gasteiger partial charge in [-0.3, -0.25) is 0 Å². The Morgan fingerprint density at radius 2 is 2.08 bits per heavy atom. The van der Waals surface area contributed by atoms with Gasteiger partial charge in [0.15, 0.2) is 5.82 Å². The van der Waals surface area contributed by atoms with Crippen molar-refractivity contribution in [1.82, 2.24) is 14.5 Å². The van der Waals surface area contributed by atoms with E-state index in [0.29, 0.717) is 31.1 Å². The van der Waals surface area contributed by atoms with Gasteiger partial charge in [-0.05, 0) is 38.0 Å². The Kier molecular flexibility index (Phi) is 4.62. The SMILES string of the molecule is CCOCc1nc2c(N)nc3cc(Br)ccc3c2n1CC1(O)CCCC1. The smallest absolute Gasteiger partial charge is 0.152 e. The van der Waals surface area contributed by atoms with Crippen LogP contribution in [0.15, 0.2) is 22.7 Å². The molecule has 3 N–H and O–H groups in total. The number of nitrogens with two attached hydrogens (primary N) is 1. The number of fused-ring (bicyclic) bond motifs is 3. The number of rotatable bonds is 5. The average molecular weight is 419 g/mol. The average Bonchev–Trinajstić information content (AvgIpc) is 3.18. The number of benzene rings is 1. The molecule has 1 saturated carbocycles. The fraction of sp³-hybridized carbons (Fsp3) is 0.474. The number of aromatic nitrogens is 3. The molecule has 1 aromatic carbocycles. The third-order valence-electron chi connectivity index (χ3n) is 5.17. The minimum atomic E-state index is -0.700. The van der Waals surface area contributed by atoms with Crippen LogP contribution in [0.25, 0.3) is 21.9 Å². The molecule has 138 valence electrons. The Hall–Kier alpha value is -1.70. The van der Waals surface area contributed by atoms with Crippen LogP contribution in [0.3, 0.4) is 0 Å². The van der Waals surface area contributed by atoms with Crippen LogP contribution in [-0.2, 0) is 17.9 Å². The Morgan fingerprint density at radius 1 is 1.31 bits per heavy atom. The summed E-state index contributed by atoms with van der Waals surface area (Å²) in [6.45, 7) is 3.45. The lowest BCUT2D eigenvalue weighted by Gasteiger charge is -2.24. The van der Waals surface area contributed by atoms with Gasteiger partial charge in [0.05, 0.1) is 23.2 Å². The molecule has 7 heteroatoms. The van der Waals surface area contributed by atoms with Crippen molar-refractivity contribution in [2.45, 2.75) is 51.4 Å². The molecule has 26 heavy (non-hydrogen) atoms. The zero-order chi connectivity index (χ0) is 18.3. The Bertz CT molecular complexity index is 963. The van der Waals surface area contributed by atoms with Crippen molar-refractivity contribution in [2.24, 2.45) is 0 Å². The number of imidazole rings is 1. The van der Waals surface area contributed by atoms with E-state index in [1.807, 2.05) is 25.1 Å². The van der Waals surface area contributed by atoms with Crippen molar-refractivity contribution in [2.75, 3.05) is 12.3 Å². The predicted octanol–water partition coefficient (Wildman–Crippen LogP) is 3.77. The molecule has 2 aromatic heterocycles. The van der Waals surface area contributed by atoms with Crippen molar-refractivity contribution < 1.29 is 9.84 Å². The highest BCUT2D eigenvalue weighted by Gasteiger charge is 2.33. The summed E-state index contributed by atoms with van der Waals surface area (Å²) in [7, 11) is 0. The summed E-state index contributed by atoms with van der Waals surface area (Å²) in [6.07, 6.45) is 3.73. The lowest BCUT2D eigenvalue weighted by Crippen LogP contribution is -2.31. The molecule has 1 fully saturated rings. The van der Waals surface area contributed by atoms with E-state index in [-0.39, 0.29) is 0 Å². The summed E-state index contributed by atoms with van der Waals surface area (Å²) in [4.78, 5) is 9.24. The van der Waals surface area contributed by atoms with Gasteiger partial charge in [0.25, 0.3) is 0 Å². The van der Waals surface area contributed by atoms with Crippen LogP contribution in [0.4, 0.5) is 5.82 Å².